The van der Waals surface area contributed by atoms with Crippen molar-refractivity contribution in [1.82, 2.24) is 30.3 Å². The Morgan fingerprint density at radius 1 is 0.979 bits per heavy atom. The molecular weight excluding hydrogens is 594 g/mol. The molecule has 8 nitrogen and oxygen atoms in total. The molecule has 0 amide bonds. The molecule has 4 aliphatic rings. The molecule has 2 saturated carbocycles. The SMILES string of the molecule is CCCCc1nc2c(N)nc3ccccc3c2n1CC1CCN(NCCCC[C@@H]2NC3C4CCCCCCCCC(C4)C3(C)C2=O)CC1. The highest BCUT2D eigenvalue weighted by Crippen LogP contribution is 2.54. The average Bonchev–Trinajstić information content (AvgIpc) is 3.66. The van der Waals surface area contributed by atoms with Gasteiger partial charge in [0.25, 0.3) is 0 Å². The smallest absolute Gasteiger partial charge is 0.157 e. The highest BCUT2D eigenvalue weighted by molar-refractivity contribution is 6.06. The number of carbonyl (C=O) groups excluding carboxylic acids is 1. The zero-order valence-corrected chi connectivity index (χ0v) is 29.8. The summed E-state index contributed by atoms with van der Waals surface area (Å²) in [4.78, 5) is 23.6. The van der Waals surface area contributed by atoms with Gasteiger partial charge < -0.3 is 15.6 Å². The zero-order chi connectivity index (χ0) is 33.1. The maximum atomic E-state index is 13.9. The van der Waals surface area contributed by atoms with Crippen LogP contribution in [0.3, 0.4) is 0 Å². The number of unbranched alkanes of at least 4 members (excludes halogenated alkanes) is 2. The van der Waals surface area contributed by atoms with Gasteiger partial charge in [-0.05, 0) is 75.2 Å². The monoisotopic (exact) mass is 655 g/mol. The van der Waals surface area contributed by atoms with Crippen LogP contribution in [0.1, 0.15) is 122 Å². The first-order valence-electron chi connectivity index (χ1n) is 19.8. The molecule has 7 rings (SSSR count). The van der Waals surface area contributed by atoms with E-state index in [1.165, 1.54) is 70.6 Å². The lowest BCUT2D eigenvalue weighted by molar-refractivity contribution is -0.128. The number of nitrogen functional groups attached to an aromatic ring is 1. The third-order valence-electron chi connectivity index (χ3n) is 12.9. The molecule has 2 saturated heterocycles. The number of piperidine rings is 1. The number of aromatic nitrogens is 3. The third kappa shape index (κ3) is 6.78. The van der Waals surface area contributed by atoms with E-state index in [-0.39, 0.29) is 11.5 Å². The first-order valence-corrected chi connectivity index (χ1v) is 19.8. The minimum atomic E-state index is -0.131. The van der Waals surface area contributed by atoms with E-state index < -0.39 is 0 Å². The van der Waals surface area contributed by atoms with Crippen molar-refractivity contribution in [3.63, 3.8) is 0 Å². The molecule has 4 unspecified atom stereocenters. The Labute approximate surface area is 288 Å². The van der Waals surface area contributed by atoms with E-state index >= 15 is 0 Å². The van der Waals surface area contributed by atoms with Crippen molar-refractivity contribution < 1.29 is 4.79 Å². The number of nitrogens with two attached hydrogens (primary N) is 1. The molecular formula is C40H61N7O. The normalized spacial score (nSPS) is 29.1. The second-order valence-corrected chi connectivity index (χ2v) is 16.0. The second-order valence-electron chi connectivity index (χ2n) is 16.0. The predicted molar refractivity (Wildman–Crippen MR) is 197 cm³/mol. The topological polar surface area (TPSA) is 101 Å². The van der Waals surface area contributed by atoms with Crippen LogP contribution in [0.5, 0.6) is 0 Å². The number of rotatable bonds is 11. The maximum absolute atomic E-state index is 13.9. The molecule has 3 aromatic rings. The van der Waals surface area contributed by atoms with Gasteiger partial charge in [-0.25, -0.2) is 15.0 Å². The van der Waals surface area contributed by atoms with E-state index in [1.807, 2.05) is 6.07 Å². The summed E-state index contributed by atoms with van der Waals surface area (Å²) in [6.07, 6.45) is 20.8. The van der Waals surface area contributed by atoms with E-state index in [4.69, 9.17) is 10.7 Å². The third-order valence-corrected chi connectivity index (χ3v) is 12.9. The van der Waals surface area contributed by atoms with Crippen molar-refractivity contribution in [2.24, 2.45) is 23.2 Å². The van der Waals surface area contributed by atoms with Crippen LogP contribution >= 0.6 is 0 Å². The van der Waals surface area contributed by atoms with Gasteiger partial charge in [0.15, 0.2) is 11.6 Å². The van der Waals surface area contributed by atoms with Crippen molar-refractivity contribution >= 4 is 33.5 Å². The Morgan fingerprint density at radius 2 is 1.75 bits per heavy atom. The molecule has 5 atom stereocenters. The summed E-state index contributed by atoms with van der Waals surface area (Å²) < 4.78 is 2.48. The van der Waals surface area contributed by atoms with Crippen LogP contribution in [0.15, 0.2) is 24.3 Å². The standard InChI is InChI=1S/C40H61N7O/c1-3-4-20-34-45-35-36(31-17-11-12-18-32(31)44-39(35)41)47(34)27-28-21-24-46(25-22-28)42-23-14-13-19-33-38(48)40(2)30-16-10-8-6-5-7-9-15-29(26-30)37(40)43-33/h11-12,17-18,28-30,33,37,42-43H,3-10,13-16,19-27H2,1-2H3,(H2,41,44)/t29?,30?,33-,37?,40?/m0/s1. The molecule has 2 aliphatic carbocycles. The average molecular weight is 656 g/mol. The second kappa shape index (κ2) is 15.1. The van der Waals surface area contributed by atoms with Crippen LogP contribution in [0.25, 0.3) is 21.9 Å². The summed E-state index contributed by atoms with van der Waals surface area (Å²) in [6, 6.07) is 8.83. The summed E-state index contributed by atoms with van der Waals surface area (Å²) >= 11 is 0. The summed E-state index contributed by atoms with van der Waals surface area (Å²) in [5.74, 6) is 4.13. The molecule has 0 spiro atoms. The van der Waals surface area contributed by atoms with Gasteiger partial charge in [0.1, 0.15) is 11.3 Å². The minimum absolute atomic E-state index is 0.0656. The molecule has 4 N–H and O–H groups in total. The number of benzene rings is 1. The fourth-order valence-electron chi connectivity index (χ4n) is 10.1. The number of nitrogens with one attached hydrogen (secondary N) is 2. The van der Waals surface area contributed by atoms with E-state index in [9.17, 15) is 4.79 Å². The number of fused-ring (bicyclic) bond motifs is 8. The molecule has 2 aliphatic heterocycles. The van der Waals surface area contributed by atoms with Gasteiger partial charge in [-0.3, -0.25) is 10.2 Å². The Kier molecular flexibility index (Phi) is 10.7. The van der Waals surface area contributed by atoms with Crippen molar-refractivity contribution in [2.45, 2.75) is 142 Å². The van der Waals surface area contributed by atoms with Crippen LogP contribution < -0.4 is 16.5 Å². The van der Waals surface area contributed by atoms with Crippen molar-refractivity contribution in [3.8, 4) is 0 Å². The van der Waals surface area contributed by atoms with Crippen LogP contribution in [0.2, 0.25) is 0 Å². The van der Waals surface area contributed by atoms with E-state index in [0.29, 0.717) is 35.4 Å². The van der Waals surface area contributed by atoms with E-state index in [2.05, 4.69) is 57.3 Å². The molecule has 262 valence electrons. The van der Waals surface area contributed by atoms with Gasteiger partial charge in [-0.2, -0.15) is 0 Å². The molecule has 48 heavy (non-hydrogen) atoms. The van der Waals surface area contributed by atoms with Crippen LogP contribution in [0.4, 0.5) is 5.82 Å². The summed E-state index contributed by atoms with van der Waals surface area (Å²) in [5.41, 5.74) is 13.0. The molecule has 0 radical (unpaired) electrons. The van der Waals surface area contributed by atoms with Gasteiger partial charge in [0.05, 0.1) is 17.1 Å². The lowest BCUT2D eigenvalue weighted by Crippen LogP contribution is -2.44. The van der Waals surface area contributed by atoms with Gasteiger partial charge >= 0.3 is 0 Å². The number of carbonyl (C=O) groups is 1. The van der Waals surface area contributed by atoms with Crippen molar-refractivity contribution in [3.05, 3.63) is 30.1 Å². The first-order chi connectivity index (χ1) is 23.5. The van der Waals surface area contributed by atoms with Crippen molar-refractivity contribution in [2.75, 3.05) is 25.4 Å². The highest BCUT2D eigenvalue weighted by Gasteiger charge is 2.61. The predicted octanol–water partition coefficient (Wildman–Crippen LogP) is 7.58. The number of hydrazine groups is 1. The number of pyridine rings is 1. The maximum Gasteiger partial charge on any atom is 0.157 e. The first kappa shape index (κ1) is 33.9. The number of aryl methyl sites for hydroxylation is 1. The van der Waals surface area contributed by atoms with E-state index in [0.717, 1.165) is 92.5 Å². The number of imidazole rings is 1. The zero-order valence-electron chi connectivity index (χ0n) is 29.8. The van der Waals surface area contributed by atoms with Crippen LogP contribution in [0, 0.1) is 23.2 Å². The van der Waals surface area contributed by atoms with Crippen molar-refractivity contribution in [1.29, 1.82) is 0 Å². The summed E-state index contributed by atoms with van der Waals surface area (Å²) in [5, 5.41) is 7.52. The number of anilines is 1. The molecule has 8 heteroatoms. The lowest BCUT2D eigenvalue weighted by atomic mass is 9.72. The number of hydrogen-bond donors (Lipinski definition) is 3. The Bertz CT molecular complexity index is 1540. The molecule has 1 aromatic carbocycles. The quantitative estimate of drug-likeness (QED) is 0.183. The minimum Gasteiger partial charge on any atom is -0.382 e. The molecule has 2 aromatic heterocycles. The van der Waals surface area contributed by atoms with Gasteiger partial charge in [0.2, 0.25) is 0 Å². The Hall–Kier alpha value is -2.55. The number of hydrogen-bond acceptors (Lipinski definition) is 7. The largest absolute Gasteiger partial charge is 0.382 e. The van der Waals surface area contributed by atoms with Crippen LogP contribution in [-0.4, -0.2) is 57.0 Å². The fourth-order valence-corrected chi connectivity index (χ4v) is 10.1. The Morgan fingerprint density at radius 3 is 2.56 bits per heavy atom. The number of Topliss-reactive ketones (excluding diaryl/α,β-unsaturated/α-hetero) is 1. The molecule has 4 heterocycles. The van der Waals surface area contributed by atoms with Gasteiger partial charge in [-0.15, -0.1) is 0 Å². The van der Waals surface area contributed by atoms with Gasteiger partial charge in [-0.1, -0.05) is 83.4 Å². The summed E-state index contributed by atoms with van der Waals surface area (Å²) in [7, 11) is 0. The fraction of sp³-hybridized carbons (Fsp3) is 0.725. The lowest BCUT2D eigenvalue weighted by Gasteiger charge is -2.33. The van der Waals surface area contributed by atoms with E-state index in [1.54, 1.807) is 0 Å². The summed E-state index contributed by atoms with van der Waals surface area (Å²) in [6.45, 7) is 8.69. The van der Waals surface area contributed by atoms with Crippen LogP contribution in [-0.2, 0) is 17.8 Å². The van der Waals surface area contributed by atoms with Gasteiger partial charge in [0, 0.05) is 49.4 Å². The number of nitrogens with zero attached hydrogens (tertiary/aromatic N) is 4. The molecule has 2 bridgehead atoms. The number of para-hydroxylation sites is 1. The molecule has 4 fully saturated rings. The number of ketones is 1. The Balaban J connectivity index is 0.890. The highest BCUT2D eigenvalue weighted by atomic mass is 16.1.